The molecule has 1 N–H and O–H groups in total. The molecule has 1 aliphatic rings. The minimum Gasteiger partial charge on any atom is -0.598 e. The van der Waals surface area contributed by atoms with Gasteiger partial charge in [0.2, 0.25) is 0 Å². The Morgan fingerprint density at radius 1 is 1.29 bits per heavy atom. The average molecular weight is 309 g/mol. The van der Waals surface area contributed by atoms with Crippen molar-refractivity contribution in [1.82, 2.24) is 4.72 Å². The van der Waals surface area contributed by atoms with Crippen molar-refractivity contribution in [3.05, 3.63) is 29.8 Å². The van der Waals surface area contributed by atoms with E-state index in [-0.39, 0.29) is 10.8 Å². The van der Waals surface area contributed by atoms with Crippen molar-refractivity contribution in [2.45, 2.75) is 70.3 Å². The standard InChI is InChI=1S/C17H27NO2S/c1-13(18-21(19)17(2,3)4)14-8-7-11-16(12-14)20-15-9-5-6-10-15/h7-8,11-13,15,18H,5-6,9-10H2,1-4H3/t13?,21-/m1/s1. The molecule has 1 unspecified atom stereocenters. The molecule has 2 atom stereocenters. The van der Waals surface area contributed by atoms with E-state index in [9.17, 15) is 4.55 Å². The molecule has 0 heterocycles. The van der Waals surface area contributed by atoms with E-state index < -0.39 is 11.4 Å². The number of ether oxygens (including phenoxy) is 1. The Kier molecular flexibility index (Phi) is 5.58. The lowest BCUT2D eigenvalue weighted by Crippen LogP contribution is -2.40. The third-order valence-corrected chi connectivity index (χ3v) is 5.48. The molecular formula is C17H27NO2S. The SMILES string of the molecule is CC(N[S@+]([O-])C(C)(C)C)c1cccc(OC2CCCC2)c1. The lowest BCUT2D eigenvalue weighted by molar-refractivity contribution is 0.210. The van der Waals surface area contributed by atoms with E-state index in [4.69, 9.17) is 4.74 Å². The minimum absolute atomic E-state index is 0.0391. The number of rotatable bonds is 5. The number of benzene rings is 1. The number of nitrogens with one attached hydrogen (secondary N) is 1. The summed E-state index contributed by atoms with van der Waals surface area (Å²) in [6, 6.07) is 8.18. The van der Waals surface area contributed by atoms with E-state index in [0.29, 0.717) is 6.10 Å². The van der Waals surface area contributed by atoms with Crippen LogP contribution in [0.2, 0.25) is 0 Å². The third kappa shape index (κ3) is 4.90. The Morgan fingerprint density at radius 3 is 2.57 bits per heavy atom. The second-order valence-corrected chi connectivity index (χ2v) is 8.82. The molecule has 2 rings (SSSR count). The Morgan fingerprint density at radius 2 is 1.95 bits per heavy atom. The first-order chi connectivity index (χ1) is 9.86. The summed E-state index contributed by atoms with van der Waals surface area (Å²) in [7, 11) is 0. The van der Waals surface area contributed by atoms with Crippen molar-refractivity contribution in [2.75, 3.05) is 0 Å². The van der Waals surface area contributed by atoms with E-state index in [2.05, 4.69) is 16.9 Å². The second-order valence-electron chi connectivity index (χ2n) is 6.82. The lowest BCUT2D eigenvalue weighted by Gasteiger charge is -2.26. The van der Waals surface area contributed by atoms with Crippen molar-refractivity contribution in [3.8, 4) is 5.75 Å². The maximum absolute atomic E-state index is 12.2. The van der Waals surface area contributed by atoms with E-state index in [0.717, 1.165) is 24.2 Å². The number of hydrogen-bond donors (Lipinski definition) is 1. The van der Waals surface area contributed by atoms with Crippen LogP contribution in [-0.4, -0.2) is 15.4 Å². The van der Waals surface area contributed by atoms with Crippen molar-refractivity contribution in [1.29, 1.82) is 0 Å². The fraction of sp³-hybridized carbons (Fsp3) is 0.647. The van der Waals surface area contributed by atoms with E-state index in [1.807, 2.05) is 39.8 Å². The zero-order valence-electron chi connectivity index (χ0n) is 13.5. The van der Waals surface area contributed by atoms with Gasteiger partial charge in [0.25, 0.3) is 0 Å². The molecule has 0 radical (unpaired) electrons. The van der Waals surface area contributed by atoms with E-state index in [1.54, 1.807) is 0 Å². The van der Waals surface area contributed by atoms with Gasteiger partial charge in [-0.2, -0.15) is 0 Å². The highest BCUT2D eigenvalue weighted by Crippen LogP contribution is 2.27. The van der Waals surface area contributed by atoms with Crippen LogP contribution in [0.1, 0.15) is 65.0 Å². The van der Waals surface area contributed by atoms with Crippen LogP contribution in [-0.2, 0) is 11.4 Å². The highest BCUT2D eigenvalue weighted by Gasteiger charge is 2.28. The topological polar surface area (TPSA) is 44.3 Å². The quantitative estimate of drug-likeness (QED) is 0.832. The van der Waals surface area contributed by atoms with Gasteiger partial charge in [-0.1, -0.05) is 12.1 Å². The molecule has 21 heavy (non-hydrogen) atoms. The molecule has 1 aliphatic carbocycles. The van der Waals surface area contributed by atoms with Crippen LogP contribution in [0.5, 0.6) is 5.75 Å². The number of hydrogen-bond acceptors (Lipinski definition) is 3. The van der Waals surface area contributed by atoms with Gasteiger partial charge >= 0.3 is 0 Å². The fourth-order valence-electron chi connectivity index (χ4n) is 2.46. The Bertz CT molecular complexity index is 452. The van der Waals surface area contributed by atoms with Gasteiger partial charge in [0.15, 0.2) is 0 Å². The first-order valence-corrected chi connectivity index (χ1v) is 8.96. The van der Waals surface area contributed by atoms with Crippen molar-refractivity contribution < 1.29 is 9.29 Å². The van der Waals surface area contributed by atoms with Gasteiger partial charge in [-0.15, -0.1) is 4.72 Å². The molecule has 0 bridgehead atoms. The van der Waals surface area contributed by atoms with Crippen molar-refractivity contribution >= 4 is 11.4 Å². The van der Waals surface area contributed by atoms with Crippen LogP contribution in [0.4, 0.5) is 0 Å². The van der Waals surface area contributed by atoms with Crippen LogP contribution in [0.3, 0.4) is 0 Å². The molecule has 1 aromatic carbocycles. The summed E-state index contributed by atoms with van der Waals surface area (Å²) in [6.07, 6.45) is 5.23. The Balaban J connectivity index is 1.99. The van der Waals surface area contributed by atoms with E-state index >= 15 is 0 Å². The minimum atomic E-state index is -1.07. The Labute approximate surface area is 131 Å². The second kappa shape index (κ2) is 7.03. The summed E-state index contributed by atoms with van der Waals surface area (Å²) in [5.74, 6) is 0.926. The van der Waals surface area contributed by atoms with Gasteiger partial charge in [-0.3, -0.25) is 0 Å². The molecule has 1 fully saturated rings. The van der Waals surface area contributed by atoms with Gasteiger partial charge in [0.1, 0.15) is 10.5 Å². The van der Waals surface area contributed by atoms with Crippen LogP contribution in [0.15, 0.2) is 24.3 Å². The van der Waals surface area contributed by atoms with Crippen molar-refractivity contribution in [2.24, 2.45) is 0 Å². The maximum atomic E-state index is 12.2. The summed E-state index contributed by atoms with van der Waals surface area (Å²) < 4.78 is 21.1. The van der Waals surface area contributed by atoms with Crippen LogP contribution in [0.25, 0.3) is 0 Å². The highest BCUT2D eigenvalue weighted by atomic mass is 32.2. The normalized spacial score (nSPS) is 19.5. The molecule has 4 heteroatoms. The maximum Gasteiger partial charge on any atom is 0.136 e. The zero-order chi connectivity index (χ0) is 15.5. The van der Waals surface area contributed by atoms with Crippen LogP contribution < -0.4 is 9.46 Å². The molecule has 1 saturated carbocycles. The predicted molar refractivity (Wildman–Crippen MR) is 88.8 cm³/mol. The molecule has 0 amide bonds. The third-order valence-electron chi connectivity index (χ3n) is 3.80. The molecule has 0 saturated heterocycles. The molecule has 118 valence electrons. The van der Waals surface area contributed by atoms with Gasteiger partial charge < -0.3 is 9.29 Å². The summed E-state index contributed by atoms with van der Waals surface area (Å²) in [6.45, 7) is 7.96. The highest BCUT2D eigenvalue weighted by molar-refractivity contribution is 7.90. The van der Waals surface area contributed by atoms with E-state index in [1.165, 1.54) is 12.8 Å². The van der Waals surface area contributed by atoms with Crippen LogP contribution in [0, 0.1) is 0 Å². The molecule has 3 nitrogen and oxygen atoms in total. The Hall–Kier alpha value is -0.710. The molecular weight excluding hydrogens is 282 g/mol. The average Bonchev–Trinajstić information content (AvgIpc) is 2.90. The molecule has 0 spiro atoms. The zero-order valence-corrected chi connectivity index (χ0v) is 14.3. The summed E-state index contributed by atoms with van der Waals surface area (Å²) in [5, 5.41) is 0. The fourth-order valence-corrected chi connectivity index (χ4v) is 3.27. The van der Waals surface area contributed by atoms with Crippen molar-refractivity contribution in [3.63, 3.8) is 0 Å². The molecule has 0 aliphatic heterocycles. The van der Waals surface area contributed by atoms with Gasteiger partial charge in [-0.05, 0) is 71.1 Å². The first kappa shape index (κ1) is 16.7. The monoisotopic (exact) mass is 309 g/mol. The van der Waals surface area contributed by atoms with Crippen LogP contribution >= 0.6 is 0 Å². The smallest absolute Gasteiger partial charge is 0.136 e. The molecule has 0 aromatic heterocycles. The summed E-state index contributed by atoms with van der Waals surface area (Å²) in [4.78, 5) is 0. The van der Waals surface area contributed by atoms with Gasteiger partial charge in [0, 0.05) is 11.4 Å². The van der Waals surface area contributed by atoms with Gasteiger partial charge in [0.05, 0.1) is 12.1 Å². The summed E-state index contributed by atoms with van der Waals surface area (Å²) in [5.41, 5.74) is 1.11. The van der Waals surface area contributed by atoms with Gasteiger partial charge in [-0.25, -0.2) is 0 Å². The summed E-state index contributed by atoms with van der Waals surface area (Å²) >= 11 is -1.07. The largest absolute Gasteiger partial charge is 0.598 e. The molecule has 1 aromatic rings. The predicted octanol–water partition coefficient (Wildman–Crippen LogP) is 4.12. The lowest BCUT2D eigenvalue weighted by atomic mass is 10.1. The first-order valence-electron chi connectivity index (χ1n) is 7.81.